The summed E-state index contributed by atoms with van der Waals surface area (Å²) in [5, 5.41) is 12.3. The number of benzene rings is 1. The summed E-state index contributed by atoms with van der Waals surface area (Å²) in [7, 11) is 0. The Morgan fingerprint density at radius 2 is 2.12 bits per heavy atom. The number of hydrogen-bond donors (Lipinski definition) is 1. The Hall–Kier alpha value is -1.33. The summed E-state index contributed by atoms with van der Waals surface area (Å²) in [5.74, 6) is 0.868. The zero-order valence-corrected chi connectivity index (χ0v) is 10.9. The van der Waals surface area contributed by atoms with Crippen LogP contribution in [0.1, 0.15) is 5.56 Å². The first-order chi connectivity index (χ1) is 8.38. The topological polar surface area (TPSA) is 37.8 Å². The number of rotatable bonds is 6. The third-order valence-electron chi connectivity index (χ3n) is 2.02. The molecule has 0 saturated heterocycles. The summed E-state index contributed by atoms with van der Waals surface area (Å²) in [5.41, 5.74) is 1.24. The molecular weight excluding hydrogens is 250 g/mol. The van der Waals surface area contributed by atoms with Crippen molar-refractivity contribution in [3.05, 3.63) is 48.6 Å². The molecule has 2 rings (SSSR count). The van der Waals surface area contributed by atoms with E-state index in [2.05, 4.69) is 34.2 Å². The SMILES string of the molecule is C=CCSc1nnc(NCc2ccccc2)s1. The first-order valence-corrected chi connectivity index (χ1v) is 7.03. The van der Waals surface area contributed by atoms with Crippen molar-refractivity contribution in [2.45, 2.75) is 10.9 Å². The van der Waals surface area contributed by atoms with Crippen LogP contribution in [0.5, 0.6) is 0 Å². The van der Waals surface area contributed by atoms with Crippen LogP contribution in [0.2, 0.25) is 0 Å². The quantitative estimate of drug-likeness (QED) is 0.640. The molecule has 88 valence electrons. The Kier molecular flexibility index (Phi) is 4.58. The van der Waals surface area contributed by atoms with Crippen molar-refractivity contribution in [2.24, 2.45) is 0 Å². The summed E-state index contributed by atoms with van der Waals surface area (Å²) in [6.45, 7) is 4.46. The van der Waals surface area contributed by atoms with Crippen molar-refractivity contribution in [3.63, 3.8) is 0 Å². The van der Waals surface area contributed by atoms with Crippen molar-refractivity contribution >= 4 is 28.2 Å². The van der Waals surface area contributed by atoms with Gasteiger partial charge in [-0.05, 0) is 5.56 Å². The standard InChI is InChI=1S/C12H13N3S2/c1-2-8-16-12-15-14-11(17-12)13-9-10-6-4-3-5-7-10/h2-7H,1,8-9H2,(H,13,14). The highest BCUT2D eigenvalue weighted by Gasteiger charge is 2.03. The van der Waals surface area contributed by atoms with Gasteiger partial charge in [-0.15, -0.1) is 16.8 Å². The van der Waals surface area contributed by atoms with Crippen LogP contribution in [-0.4, -0.2) is 16.0 Å². The first-order valence-electron chi connectivity index (χ1n) is 5.23. The normalized spacial score (nSPS) is 10.1. The first kappa shape index (κ1) is 12.1. The molecule has 5 heteroatoms. The summed E-state index contributed by atoms with van der Waals surface area (Å²) in [4.78, 5) is 0. The third kappa shape index (κ3) is 3.87. The van der Waals surface area contributed by atoms with Gasteiger partial charge in [0.2, 0.25) is 5.13 Å². The van der Waals surface area contributed by atoms with E-state index in [1.807, 2.05) is 24.3 Å². The van der Waals surface area contributed by atoms with E-state index in [1.54, 1.807) is 23.1 Å². The van der Waals surface area contributed by atoms with E-state index >= 15 is 0 Å². The molecule has 1 N–H and O–H groups in total. The van der Waals surface area contributed by atoms with Crippen molar-refractivity contribution in [1.82, 2.24) is 10.2 Å². The van der Waals surface area contributed by atoms with Gasteiger partial charge in [0.15, 0.2) is 4.34 Å². The predicted octanol–water partition coefficient (Wildman–Crippen LogP) is 3.43. The van der Waals surface area contributed by atoms with Gasteiger partial charge in [-0.25, -0.2) is 0 Å². The molecule has 0 aliphatic heterocycles. The van der Waals surface area contributed by atoms with E-state index in [9.17, 15) is 0 Å². The average Bonchev–Trinajstić information content (AvgIpc) is 2.83. The number of thioether (sulfide) groups is 1. The predicted molar refractivity (Wildman–Crippen MR) is 74.6 cm³/mol. The highest BCUT2D eigenvalue weighted by atomic mass is 32.2. The summed E-state index contributed by atoms with van der Waals surface area (Å²) in [6.07, 6.45) is 1.86. The third-order valence-corrected chi connectivity index (χ3v) is 4.03. The Labute approximate surface area is 109 Å². The fourth-order valence-electron chi connectivity index (χ4n) is 1.24. The highest BCUT2D eigenvalue weighted by Crippen LogP contribution is 2.25. The lowest BCUT2D eigenvalue weighted by Crippen LogP contribution is -1.98. The van der Waals surface area contributed by atoms with E-state index < -0.39 is 0 Å². The van der Waals surface area contributed by atoms with E-state index in [0.717, 1.165) is 21.8 Å². The Morgan fingerprint density at radius 1 is 1.29 bits per heavy atom. The molecule has 1 aromatic carbocycles. The van der Waals surface area contributed by atoms with Crippen molar-refractivity contribution in [1.29, 1.82) is 0 Å². The maximum absolute atomic E-state index is 4.09. The number of nitrogens with one attached hydrogen (secondary N) is 1. The van der Waals surface area contributed by atoms with Gasteiger partial charge in [0, 0.05) is 12.3 Å². The minimum absolute atomic E-state index is 0.779. The van der Waals surface area contributed by atoms with Crippen LogP contribution in [0.25, 0.3) is 0 Å². The molecule has 0 saturated carbocycles. The van der Waals surface area contributed by atoms with Crippen molar-refractivity contribution < 1.29 is 0 Å². The van der Waals surface area contributed by atoms with Crippen LogP contribution in [0.4, 0.5) is 5.13 Å². The van der Waals surface area contributed by atoms with Crippen LogP contribution in [0.3, 0.4) is 0 Å². The van der Waals surface area contributed by atoms with Crippen LogP contribution >= 0.6 is 23.1 Å². The minimum atomic E-state index is 0.779. The molecule has 0 unspecified atom stereocenters. The number of hydrogen-bond acceptors (Lipinski definition) is 5. The van der Waals surface area contributed by atoms with E-state index in [-0.39, 0.29) is 0 Å². The van der Waals surface area contributed by atoms with Crippen LogP contribution in [0, 0.1) is 0 Å². The summed E-state index contributed by atoms with van der Waals surface area (Å²) < 4.78 is 0.973. The van der Waals surface area contributed by atoms with Crippen LogP contribution in [0.15, 0.2) is 47.3 Å². The summed E-state index contributed by atoms with van der Waals surface area (Å²) >= 11 is 3.22. The number of anilines is 1. The number of aromatic nitrogens is 2. The molecule has 1 aromatic heterocycles. The highest BCUT2D eigenvalue weighted by molar-refractivity contribution is 8.01. The second kappa shape index (κ2) is 6.42. The molecule has 0 amide bonds. The molecular formula is C12H13N3S2. The van der Waals surface area contributed by atoms with Gasteiger partial charge < -0.3 is 5.32 Å². The van der Waals surface area contributed by atoms with Crippen LogP contribution in [-0.2, 0) is 6.54 Å². The second-order valence-corrected chi connectivity index (χ2v) is 5.56. The lowest BCUT2D eigenvalue weighted by atomic mass is 10.2. The van der Waals surface area contributed by atoms with E-state index in [0.29, 0.717) is 0 Å². The minimum Gasteiger partial charge on any atom is -0.356 e. The lowest BCUT2D eigenvalue weighted by Gasteiger charge is -2.00. The average molecular weight is 263 g/mol. The Morgan fingerprint density at radius 3 is 2.88 bits per heavy atom. The summed E-state index contributed by atoms with van der Waals surface area (Å²) in [6, 6.07) is 10.2. The van der Waals surface area contributed by atoms with Gasteiger partial charge in [-0.1, -0.05) is 59.5 Å². The fourth-order valence-corrected chi connectivity index (χ4v) is 2.75. The second-order valence-electron chi connectivity index (χ2n) is 3.31. The van der Waals surface area contributed by atoms with Gasteiger partial charge in [0.25, 0.3) is 0 Å². The molecule has 0 spiro atoms. The molecule has 0 aliphatic rings. The van der Waals surface area contributed by atoms with Gasteiger partial charge in [0.05, 0.1) is 0 Å². The van der Waals surface area contributed by atoms with Gasteiger partial charge in [-0.2, -0.15) is 0 Å². The largest absolute Gasteiger partial charge is 0.356 e. The monoisotopic (exact) mass is 263 g/mol. The van der Waals surface area contributed by atoms with Crippen molar-refractivity contribution in [2.75, 3.05) is 11.1 Å². The lowest BCUT2D eigenvalue weighted by molar-refractivity contribution is 0.996. The molecule has 2 aromatic rings. The van der Waals surface area contributed by atoms with Gasteiger partial charge in [-0.3, -0.25) is 0 Å². The zero-order chi connectivity index (χ0) is 11.9. The molecule has 0 radical (unpaired) electrons. The molecule has 0 bridgehead atoms. The smallest absolute Gasteiger partial charge is 0.206 e. The molecule has 17 heavy (non-hydrogen) atoms. The van der Waals surface area contributed by atoms with E-state index in [4.69, 9.17) is 0 Å². The molecule has 0 aliphatic carbocycles. The molecule has 3 nitrogen and oxygen atoms in total. The van der Waals surface area contributed by atoms with Crippen molar-refractivity contribution in [3.8, 4) is 0 Å². The Bertz CT molecular complexity index is 468. The molecule has 0 atom stereocenters. The maximum atomic E-state index is 4.09. The maximum Gasteiger partial charge on any atom is 0.206 e. The Balaban J connectivity index is 1.87. The zero-order valence-electron chi connectivity index (χ0n) is 9.30. The van der Waals surface area contributed by atoms with E-state index in [1.165, 1.54) is 5.56 Å². The molecule has 1 heterocycles. The number of nitrogens with zero attached hydrogens (tertiary/aromatic N) is 2. The van der Waals surface area contributed by atoms with Crippen LogP contribution < -0.4 is 5.32 Å². The fraction of sp³-hybridized carbons (Fsp3) is 0.167. The van der Waals surface area contributed by atoms with Gasteiger partial charge >= 0.3 is 0 Å². The molecule has 0 fully saturated rings. The van der Waals surface area contributed by atoms with Gasteiger partial charge in [0.1, 0.15) is 0 Å².